The Hall–Kier alpha value is -0.900. The van der Waals surface area contributed by atoms with Crippen LogP contribution < -0.4 is 0 Å². The molecular weight excluding hydrogens is 278 g/mol. The van der Waals surface area contributed by atoms with E-state index in [0.29, 0.717) is 6.54 Å². The molecule has 0 unspecified atom stereocenters. The van der Waals surface area contributed by atoms with Crippen molar-refractivity contribution in [2.45, 2.75) is 83.3 Å². The van der Waals surface area contributed by atoms with Crippen molar-refractivity contribution in [1.82, 2.24) is 4.90 Å². The van der Waals surface area contributed by atoms with Crippen LogP contribution in [0.5, 0.6) is 0 Å². The molecule has 2 bridgehead atoms. The molecular formula is C18H29NO3. The average Bonchev–Trinajstić information content (AvgIpc) is 3.18. The summed E-state index contributed by atoms with van der Waals surface area (Å²) in [5.74, 6) is -0.212. The molecule has 0 saturated carbocycles. The quantitative estimate of drug-likeness (QED) is 0.485. The number of amides is 2. The van der Waals surface area contributed by atoms with Crippen molar-refractivity contribution in [2.75, 3.05) is 6.54 Å². The maximum Gasteiger partial charge on any atom is 0.235 e. The number of hydrogen-bond donors (Lipinski definition) is 0. The molecule has 3 rings (SSSR count). The number of hydrogen-bond acceptors (Lipinski definition) is 3. The summed E-state index contributed by atoms with van der Waals surface area (Å²) in [6.07, 6.45) is 11.8. The van der Waals surface area contributed by atoms with Crippen molar-refractivity contribution in [3.8, 4) is 0 Å². The van der Waals surface area contributed by atoms with Crippen molar-refractivity contribution >= 4 is 11.8 Å². The lowest BCUT2D eigenvalue weighted by atomic mass is 9.81. The number of carbonyl (C=O) groups excluding carboxylic acids is 2. The summed E-state index contributed by atoms with van der Waals surface area (Å²) in [7, 11) is 0. The molecule has 3 fully saturated rings. The Kier molecular flexibility index (Phi) is 5.17. The molecule has 0 spiro atoms. The van der Waals surface area contributed by atoms with Crippen molar-refractivity contribution in [1.29, 1.82) is 0 Å². The molecule has 3 aliphatic rings. The zero-order valence-corrected chi connectivity index (χ0v) is 13.8. The molecule has 3 aliphatic heterocycles. The second kappa shape index (κ2) is 7.12. The monoisotopic (exact) mass is 307 g/mol. The molecule has 4 nitrogen and oxygen atoms in total. The van der Waals surface area contributed by atoms with E-state index in [2.05, 4.69) is 6.92 Å². The van der Waals surface area contributed by atoms with Crippen molar-refractivity contribution < 1.29 is 14.3 Å². The molecule has 4 atom stereocenters. The van der Waals surface area contributed by atoms with Gasteiger partial charge in [-0.15, -0.1) is 0 Å². The van der Waals surface area contributed by atoms with E-state index >= 15 is 0 Å². The van der Waals surface area contributed by atoms with Gasteiger partial charge in [-0.1, -0.05) is 51.9 Å². The molecule has 0 aromatic carbocycles. The van der Waals surface area contributed by atoms with E-state index < -0.39 is 0 Å². The van der Waals surface area contributed by atoms with Gasteiger partial charge in [-0.05, 0) is 19.3 Å². The van der Waals surface area contributed by atoms with Gasteiger partial charge in [0.25, 0.3) is 0 Å². The Morgan fingerprint density at radius 1 is 0.864 bits per heavy atom. The summed E-state index contributed by atoms with van der Waals surface area (Å²) in [6, 6.07) is 0. The largest absolute Gasteiger partial charge is 0.373 e. The molecule has 4 heteroatoms. The van der Waals surface area contributed by atoms with Crippen LogP contribution in [0.25, 0.3) is 0 Å². The summed E-state index contributed by atoms with van der Waals surface area (Å²) in [5.41, 5.74) is 0. The zero-order valence-electron chi connectivity index (χ0n) is 13.8. The third-order valence-corrected chi connectivity index (χ3v) is 5.61. The van der Waals surface area contributed by atoms with Gasteiger partial charge in [0.05, 0.1) is 24.0 Å². The van der Waals surface area contributed by atoms with E-state index in [-0.39, 0.29) is 35.9 Å². The summed E-state index contributed by atoms with van der Waals surface area (Å²) in [6.45, 7) is 2.86. The number of fused-ring (bicyclic) bond motifs is 5. The molecule has 0 aliphatic carbocycles. The molecule has 3 saturated heterocycles. The Morgan fingerprint density at radius 3 is 1.91 bits per heavy atom. The summed E-state index contributed by atoms with van der Waals surface area (Å²) in [5, 5.41) is 0. The number of unbranched alkanes of at least 4 members (excludes halogenated alkanes) is 7. The van der Waals surface area contributed by atoms with Gasteiger partial charge in [-0.25, -0.2) is 0 Å². The van der Waals surface area contributed by atoms with E-state index in [9.17, 15) is 9.59 Å². The lowest BCUT2D eigenvalue weighted by Gasteiger charge is -2.17. The Balaban J connectivity index is 1.37. The highest BCUT2D eigenvalue weighted by Crippen LogP contribution is 2.48. The number of likely N-dealkylation sites (tertiary alicyclic amines) is 1. The standard InChI is InChI=1S/C18H29NO3/c1-2-3-4-5-6-7-8-9-12-19-17(20)15-13-10-11-14(22-13)16(15)18(19)21/h13-16H,2-12H2,1H3/t13-,14+,15-,16+. The van der Waals surface area contributed by atoms with Crippen LogP contribution in [0.2, 0.25) is 0 Å². The van der Waals surface area contributed by atoms with Crippen LogP contribution in [-0.4, -0.2) is 35.5 Å². The molecule has 0 aromatic rings. The Labute approximate surface area is 133 Å². The van der Waals surface area contributed by atoms with E-state index in [1.807, 2.05) is 0 Å². The third-order valence-electron chi connectivity index (χ3n) is 5.61. The Morgan fingerprint density at radius 2 is 1.36 bits per heavy atom. The predicted octanol–water partition coefficient (Wildman–Crippen LogP) is 3.29. The van der Waals surface area contributed by atoms with E-state index in [1.165, 1.54) is 38.5 Å². The third kappa shape index (κ3) is 2.94. The average molecular weight is 307 g/mol. The number of rotatable bonds is 9. The first-order valence-electron chi connectivity index (χ1n) is 9.24. The van der Waals surface area contributed by atoms with Crippen molar-refractivity contribution in [3.05, 3.63) is 0 Å². The minimum absolute atomic E-state index is 0.0232. The molecule has 0 N–H and O–H groups in total. The Bertz CT molecular complexity index is 395. The highest BCUT2D eigenvalue weighted by Gasteiger charge is 2.62. The molecule has 124 valence electrons. The van der Waals surface area contributed by atoms with Gasteiger partial charge in [-0.2, -0.15) is 0 Å². The molecule has 3 heterocycles. The lowest BCUT2D eigenvalue weighted by Crippen LogP contribution is -2.35. The number of ether oxygens (including phenoxy) is 1. The highest BCUT2D eigenvalue weighted by molar-refractivity contribution is 6.06. The van der Waals surface area contributed by atoms with Crippen LogP contribution in [0.1, 0.15) is 71.1 Å². The smallest absolute Gasteiger partial charge is 0.235 e. The normalized spacial score (nSPS) is 33.0. The van der Waals surface area contributed by atoms with Crippen molar-refractivity contribution in [2.24, 2.45) is 11.8 Å². The highest BCUT2D eigenvalue weighted by atomic mass is 16.5. The van der Waals surface area contributed by atoms with Gasteiger partial charge in [0, 0.05) is 6.54 Å². The van der Waals surface area contributed by atoms with Gasteiger partial charge >= 0.3 is 0 Å². The van der Waals surface area contributed by atoms with Crippen LogP contribution in [0.3, 0.4) is 0 Å². The van der Waals surface area contributed by atoms with Gasteiger partial charge in [0.15, 0.2) is 0 Å². The van der Waals surface area contributed by atoms with Crippen LogP contribution in [-0.2, 0) is 14.3 Å². The second-order valence-electron chi connectivity index (χ2n) is 7.14. The van der Waals surface area contributed by atoms with E-state index in [1.54, 1.807) is 4.90 Å². The van der Waals surface area contributed by atoms with Gasteiger partial charge < -0.3 is 4.74 Å². The topological polar surface area (TPSA) is 46.6 Å². The van der Waals surface area contributed by atoms with Crippen LogP contribution >= 0.6 is 0 Å². The molecule has 0 aromatic heterocycles. The SMILES string of the molecule is CCCCCCCCCCN1C(=O)[C@@H]2[C@H](C1=O)[C@H]1CC[C@@H]2O1. The second-order valence-corrected chi connectivity index (χ2v) is 7.14. The maximum atomic E-state index is 12.5. The number of carbonyl (C=O) groups is 2. The minimum atomic E-state index is -0.153. The lowest BCUT2D eigenvalue weighted by molar-refractivity contribution is -0.142. The first kappa shape index (κ1) is 16.0. The molecule has 2 amide bonds. The van der Waals surface area contributed by atoms with Gasteiger partial charge in [0.1, 0.15) is 0 Å². The first-order valence-corrected chi connectivity index (χ1v) is 9.24. The summed E-state index contributed by atoms with van der Waals surface area (Å²) in [4.78, 5) is 26.4. The van der Waals surface area contributed by atoms with Crippen LogP contribution in [0.15, 0.2) is 0 Å². The van der Waals surface area contributed by atoms with Gasteiger partial charge in [0.2, 0.25) is 11.8 Å². The molecule has 22 heavy (non-hydrogen) atoms. The fraction of sp³-hybridized carbons (Fsp3) is 0.889. The number of nitrogens with zero attached hydrogens (tertiary/aromatic N) is 1. The fourth-order valence-electron chi connectivity index (χ4n) is 4.40. The van der Waals surface area contributed by atoms with Crippen LogP contribution in [0, 0.1) is 11.8 Å². The minimum Gasteiger partial charge on any atom is -0.373 e. The van der Waals surface area contributed by atoms with Crippen molar-refractivity contribution in [3.63, 3.8) is 0 Å². The molecule has 0 radical (unpaired) electrons. The zero-order chi connectivity index (χ0) is 15.5. The predicted molar refractivity (Wildman–Crippen MR) is 84.2 cm³/mol. The number of imide groups is 1. The maximum absolute atomic E-state index is 12.5. The van der Waals surface area contributed by atoms with E-state index in [4.69, 9.17) is 4.74 Å². The van der Waals surface area contributed by atoms with Crippen LogP contribution in [0.4, 0.5) is 0 Å². The van der Waals surface area contributed by atoms with E-state index in [0.717, 1.165) is 25.7 Å². The van der Waals surface area contributed by atoms with Gasteiger partial charge in [-0.3, -0.25) is 14.5 Å². The summed E-state index contributed by atoms with van der Waals surface area (Å²) >= 11 is 0. The first-order chi connectivity index (χ1) is 10.7. The fourth-order valence-corrected chi connectivity index (χ4v) is 4.40. The summed E-state index contributed by atoms with van der Waals surface area (Å²) < 4.78 is 5.75.